The summed E-state index contributed by atoms with van der Waals surface area (Å²) in [5.74, 6) is -0.181. The van der Waals surface area contributed by atoms with E-state index < -0.39 is 0 Å². The van der Waals surface area contributed by atoms with Crippen LogP contribution in [0.3, 0.4) is 0 Å². The molecule has 128 valence electrons. The van der Waals surface area contributed by atoms with Gasteiger partial charge in [0.1, 0.15) is 6.73 Å². The zero-order valence-corrected chi connectivity index (χ0v) is 14.6. The van der Waals surface area contributed by atoms with Crippen molar-refractivity contribution in [2.24, 2.45) is 0 Å². The van der Waals surface area contributed by atoms with Crippen LogP contribution in [0.4, 0.5) is 0 Å². The van der Waals surface area contributed by atoms with Crippen molar-refractivity contribution in [3.05, 3.63) is 24.3 Å². The molecular weight excluding hydrogens is 280 g/mol. The van der Waals surface area contributed by atoms with E-state index in [-0.39, 0.29) is 18.5 Å². The van der Waals surface area contributed by atoms with Crippen molar-refractivity contribution in [3.8, 4) is 0 Å². The van der Waals surface area contributed by atoms with Crippen LogP contribution in [0, 0.1) is 0 Å². The maximum atomic E-state index is 10.9. The molecule has 5 heteroatoms. The molecule has 0 aliphatic carbocycles. The fourth-order valence-corrected chi connectivity index (χ4v) is 1.12. The average Bonchev–Trinajstić information content (AvgIpc) is 2.47. The highest BCUT2D eigenvalue weighted by molar-refractivity contribution is 5.92. The maximum Gasteiger partial charge on any atom is 0.248 e. The molecule has 0 saturated carbocycles. The number of unbranched alkanes of at least 4 members (excludes halogenated alkanes) is 2. The molecule has 0 unspecified atom stereocenters. The lowest BCUT2D eigenvalue weighted by atomic mass is 10.3. The monoisotopic (exact) mass is 312 g/mol. The van der Waals surface area contributed by atoms with Gasteiger partial charge in [-0.1, -0.05) is 39.8 Å². The Bertz CT molecular complexity index is 352. The molecule has 0 bridgehead atoms. The summed E-state index contributed by atoms with van der Waals surface area (Å²) in [6, 6.07) is 0. The predicted molar refractivity (Wildman–Crippen MR) is 91.4 cm³/mol. The van der Waals surface area contributed by atoms with Gasteiger partial charge in [-0.3, -0.25) is 9.59 Å². The number of hydrogen-bond donors (Lipinski definition) is 2. The third-order valence-electron chi connectivity index (χ3n) is 2.57. The third-order valence-corrected chi connectivity index (χ3v) is 2.57. The zero-order chi connectivity index (χ0) is 17.4. The third kappa shape index (κ3) is 16.4. The lowest BCUT2D eigenvalue weighted by molar-refractivity contribution is -0.119. The van der Waals surface area contributed by atoms with E-state index in [1.165, 1.54) is 0 Å². The standard InChI is InChI=1S/C9H17NO2.C8H15NO/c1-4-5-6-12-7-10-9(11)8(2)3;1-4-5-6-9-8(10)7(2)3/h2,4-7H2,1,3H3,(H,10,11);2,4-6H2,1,3H3,(H,9,10). The van der Waals surface area contributed by atoms with E-state index in [9.17, 15) is 9.59 Å². The molecule has 0 spiro atoms. The summed E-state index contributed by atoms with van der Waals surface area (Å²) in [5, 5.41) is 5.32. The minimum absolute atomic E-state index is 0.0338. The van der Waals surface area contributed by atoms with Crippen molar-refractivity contribution in [2.75, 3.05) is 19.9 Å². The number of hydrogen-bond acceptors (Lipinski definition) is 3. The van der Waals surface area contributed by atoms with Gasteiger partial charge in [0.2, 0.25) is 11.8 Å². The molecule has 0 saturated heterocycles. The van der Waals surface area contributed by atoms with E-state index in [0.29, 0.717) is 17.8 Å². The molecule has 0 aliphatic rings. The van der Waals surface area contributed by atoms with Crippen LogP contribution >= 0.6 is 0 Å². The number of nitrogens with one attached hydrogen (secondary N) is 2. The molecule has 0 rings (SSSR count). The summed E-state index contributed by atoms with van der Waals surface area (Å²) in [4.78, 5) is 21.7. The Labute approximate surface area is 135 Å². The smallest absolute Gasteiger partial charge is 0.248 e. The molecular formula is C17H32N2O3. The normalized spacial score (nSPS) is 9.27. The maximum absolute atomic E-state index is 10.9. The van der Waals surface area contributed by atoms with E-state index in [2.05, 4.69) is 37.6 Å². The number of ether oxygens (including phenoxy) is 1. The summed E-state index contributed by atoms with van der Waals surface area (Å²) in [7, 11) is 0. The Morgan fingerprint density at radius 3 is 1.86 bits per heavy atom. The van der Waals surface area contributed by atoms with Gasteiger partial charge in [-0.05, 0) is 26.7 Å². The first-order valence-electron chi connectivity index (χ1n) is 7.81. The Balaban J connectivity index is 0. The Morgan fingerprint density at radius 1 is 0.909 bits per heavy atom. The Kier molecular flexibility index (Phi) is 16.2. The van der Waals surface area contributed by atoms with Crippen LogP contribution in [0.15, 0.2) is 24.3 Å². The van der Waals surface area contributed by atoms with Gasteiger partial charge < -0.3 is 15.4 Å². The van der Waals surface area contributed by atoms with Crippen molar-refractivity contribution in [3.63, 3.8) is 0 Å². The van der Waals surface area contributed by atoms with Crippen LogP contribution in [0.1, 0.15) is 53.4 Å². The first-order chi connectivity index (χ1) is 10.4. The molecule has 5 nitrogen and oxygen atoms in total. The van der Waals surface area contributed by atoms with Gasteiger partial charge in [0, 0.05) is 24.3 Å². The summed E-state index contributed by atoms with van der Waals surface area (Å²) in [6.45, 7) is 16.3. The summed E-state index contributed by atoms with van der Waals surface area (Å²) in [5.41, 5.74) is 1.09. The molecule has 0 aromatic heterocycles. The summed E-state index contributed by atoms with van der Waals surface area (Å²) >= 11 is 0. The van der Waals surface area contributed by atoms with Crippen molar-refractivity contribution < 1.29 is 14.3 Å². The number of carbonyl (C=O) groups is 2. The highest BCUT2D eigenvalue weighted by Crippen LogP contribution is 1.88. The van der Waals surface area contributed by atoms with Crippen LogP contribution in [0.2, 0.25) is 0 Å². The van der Waals surface area contributed by atoms with Crippen LogP contribution in [-0.2, 0) is 14.3 Å². The number of amides is 2. The van der Waals surface area contributed by atoms with Gasteiger partial charge >= 0.3 is 0 Å². The molecule has 0 heterocycles. The first kappa shape index (κ1) is 22.7. The largest absolute Gasteiger partial charge is 0.361 e. The first-order valence-corrected chi connectivity index (χ1v) is 7.81. The van der Waals surface area contributed by atoms with Crippen LogP contribution < -0.4 is 10.6 Å². The van der Waals surface area contributed by atoms with Gasteiger partial charge in [-0.15, -0.1) is 0 Å². The highest BCUT2D eigenvalue weighted by atomic mass is 16.5. The second kappa shape index (κ2) is 15.8. The predicted octanol–water partition coefficient (Wildman–Crippen LogP) is 2.93. The van der Waals surface area contributed by atoms with Crippen molar-refractivity contribution in [2.45, 2.75) is 53.4 Å². The Morgan fingerprint density at radius 2 is 1.41 bits per heavy atom. The second-order valence-corrected chi connectivity index (χ2v) is 5.08. The molecule has 0 fully saturated rings. The van der Waals surface area contributed by atoms with E-state index >= 15 is 0 Å². The van der Waals surface area contributed by atoms with Crippen LogP contribution in [0.5, 0.6) is 0 Å². The van der Waals surface area contributed by atoms with E-state index in [4.69, 9.17) is 4.74 Å². The molecule has 2 N–H and O–H groups in total. The molecule has 2 amide bonds. The second-order valence-electron chi connectivity index (χ2n) is 5.08. The lowest BCUT2D eigenvalue weighted by Crippen LogP contribution is -2.26. The SMILES string of the molecule is C=C(C)C(=O)NCCCC.C=C(C)C(=O)NCOCCCC. The van der Waals surface area contributed by atoms with Crippen molar-refractivity contribution in [1.82, 2.24) is 10.6 Å². The molecule has 0 radical (unpaired) electrons. The number of rotatable bonds is 10. The quantitative estimate of drug-likeness (QED) is 0.370. The average molecular weight is 312 g/mol. The van der Waals surface area contributed by atoms with Gasteiger partial charge in [0.15, 0.2) is 0 Å². The van der Waals surface area contributed by atoms with Crippen molar-refractivity contribution >= 4 is 11.8 Å². The van der Waals surface area contributed by atoms with Crippen LogP contribution in [0.25, 0.3) is 0 Å². The van der Waals surface area contributed by atoms with Gasteiger partial charge in [0.25, 0.3) is 0 Å². The van der Waals surface area contributed by atoms with Gasteiger partial charge in [0.05, 0.1) is 0 Å². The molecule has 0 atom stereocenters. The van der Waals surface area contributed by atoms with Gasteiger partial charge in [-0.2, -0.15) is 0 Å². The molecule has 0 aromatic rings. The topological polar surface area (TPSA) is 67.4 Å². The minimum Gasteiger partial charge on any atom is -0.361 e. The zero-order valence-electron chi connectivity index (χ0n) is 14.6. The van der Waals surface area contributed by atoms with E-state index in [0.717, 1.165) is 32.2 Å². The van der Waals surface area contributed by atoms with E-state index in [1.54, 1.807) is 13.8 Å². The summed E-state index contributed by atoms with van der Waals surface area (Å²) < 4.78 is 5.12. The molecule has 0 aliphatic heterocycles. The molecule has 0 aromatic carbocycles. The number of carbonyl (C=O) groups excluding carboxylic acids is 2. The lowest BCUT2D eigenvalue weighted by Gasteiger charge is -2.04. The van der Waals surface area contributed by atoms with E-state index in [1.807, 2.05) is 0 Å². The molecule has 22 heavy (non-hydrogen) atoms. The fourth-order valence-electron chi connectivity index (χ4n) is 1.12. The summed E-state index contributed by atoms with van der Waals surface area (Å²) in [6.07, 6.45) is 4.28. The van der Waals surface area contributed by atoms with Gasteiger partial charge in [-0.25, -0.2) is 0 Å². The van der Waals surface area contributed by atoms with Crippen molar-refractivity contribution in [1.29, 1.82) is 0 Å². The minimum atomic E-state index is -0.147. The fraction of sp³-hybridized carbons (Fsp3) is 0.647. The Hall–Kier alpha value is -1.62. The van der Waals surface area contributed by atoms with Crippen LogP contribution in [-0.4, -0.2) is 31.7 Å². The highest BCUT2D eigenvalue weighted by Gasteiger charge is 1.98.